The van der Waals surface area contributed by atoms with Gasteiger partial charge in [-0.2, -0.15) is 0 Å². The first-order valence-electron chi connectivity index (χ1n) is 8.35. The van der Waals surface area contributed by atoms with E-state index in [0.717, 1.165) is 6.07 Å². The molecule has 2 heterocycles. The summed E-state index contributed by atoms with van der Waals surface area (Å²) in [6, 6.07) is 6.06. The number of anilines is 1. The Kier molecular flexibility index (Phi) is 4.41. The molecule has 138 valence electrons. The van der Waals surface area contributed by atoms with E-state index in [9.17, 15) is 18.7 Å². The van der Waals surface area contributed by atoms with Gasteiger partial charge in [-0.3, -0.25) is 9.78 Å². The second-order valence-corrected chi connectivity index (χ2v) is 6.15. The molecule has 0 bridgehead atoms. The Labute approximate surface area is 153 Å². The fraction of sp³-hybridized carbons (Fsp3) is 0.211. The molecule has 0 atom stereocenters. The van der Waals surface area contributed by atoms with E-state index >= 15 is 0 Å². The minimum atomic E-state index is -1.30. The van der Waals surface area contributed by atoms with E-state index in [1.807, 2.05) is 4.90 Å². The van der Waals surface area contributed by atoms with Crippen LogP contribution in [0.4, 0.5) is 14.6 Å². The summed E-state index contributed by atoms with van der Waals surface area (Å²) < 4.78 is 32.8. The number of rotatable bonds is 3. The maximum Gasteiger partial charge on any atom is 0.196 e. The highest BCUT2D eigenvalue weighted by atomic mass is 19.2. The second-order valence-electron chi connectivity index (χ2n) is 6.15. The predicted octanol–water partition coefficient (Wildman–Crippen LogP) is 2.68. The van der Waals surface area contributed by atoms with E-state index in [-0.39, 0.29) is 5.56 Å². The molecule has 6 nitrogen and oxygen atoms in total. The zero-order valence-corrected chi connectivity index (χ0v) is 14.2. The Balaban J connectivity index is 1.73. The third-order valence-corrected chi connectivity index (χ3v) is 4.38. The normalized spacial score (nSPS) is 14.5. The Morgan fingerprint density at radius 3 is 2.67 bits per heavy atom. The molecule has 1 saturated heterocycles. The number of halogens is 2. The van der Waals surface area contributed by atoms with Gasteiger partial charge in [0.15, 0.2) is 17.4 Å². The SMILES string of the molecule is O=C(c1ccc2ncc(N3CCOCC3)nc2c1)c1cc(O)cc(F)c1F. The quantitative estimate of drug-likeness (QED) is 0.714. The van der Waals surface area contributed by atoms with Crippen LogP contribution in [0.15, 0.2) is 36.5 Å². The Morgan fingerprint density at radius 2 is 1.89 bits per heavy atom. The van der Waals surface area contributed by atoms with Crippen LogP contribution in [0.2, 0.25) is 0 Å². The summed E-state index contributed by atoms with van der Waals surface area (Å²) >= 11 is 0. The summed E-state index contributed by atoms with van der Waals surface area (Å²) in [6.07, 6.45) is 1.65. The van der Waals surface area contributed by atoms with Crippen molar-refractivity contribution in [1.82, 2.24) is 9.97 Å². The van der Waals surface area contributed by atoms with Gasteiger partial charge in [-0.15, -0.1) is 0 Å². The van der Waals surface area contributed by atoms with Crippen molar-refractivity contribution in [2.24, 2.45) is 0 Å². The van der Waals surface area contributed by atoms with Crippen LogP contribution in [0.1, 0.15) is 15.9 Å². The first-order chi connectivity index (χ1) is 13.0. The van der Waals surface area contributed by atoms with Gasteiger partial charge in [-0.05, 0) is 24.3 Å². The van der Waals surface area contributed by atoms with Crippen molar-refractivity contribution >= 4 is 22.6 Å². The van der Waals surface area contributed by atoms with Crippen molar-refractivity contribution in [2.75, 3.05) is 31.2 Å². The third kappa shape index (κ3) is 3.31. The van der Waals surface area contributed by atoms with Crippen LogP contribution in [-0.2, 0) is 4.74 Å². The van der Waals surface area contributed by atoms with Crippen LogP contribution in [-0.4, -0.2) is 47.2 Å². The number of aromatic hydroxyl groups is 1. The molecular formula is C19H15F2N3O3. The number of benzene rings is 2. The number of ketones is 1. The zero-order chi connectivity index (χ0) is 19.0. The van der Waals surface area contributed by atoms with Crippen molar-refractivity contribution in [3.8, 4) is 5.75 Å². The molecule has 1 aromatic heterocycles. The number of phenolic OH excluding ortho intramolecular Hbond substituents is 1. The minimum Gasteiger partial charge on any atom is -0.508 e. The molecule has 0 spiro atoms. The number of nitrogens with zero attached hydrogens (tertiary/aromatic N) is 3. The molecule has 4 rings (SSSR count). The maximum atomic E-state index is 14.0. The average Bonchev–Trinajstić information content (AvgIpc) is 2.70. The van der Waals surface area contributed by atoms with Gasteiger partial charge in [0.25, 0.3) is 0 Å². The van der Waals surface area contributed by atoms with Gasteiger partial charge in [0.05, 0.1) is 36.0 Å². The predicted molar refractivity (Wildman–Crippen MR) is 94.0 cm³/mol. The first-order valence-corrected chi connectivity index (χ1v) is 8.35. The van der Waals surface area contributed by atoms with E-state index in [2.05, 4.69) is 9.97 Å². The number of hydrogen-bond acceptors (Lipinski definition) is 6. The van der Waals surface area contributed by atoms with Crippen molar-refractivity contribution in [1.29, 1.82) is 0 Å². The lowest BCUT2D eigenvalue weighted by molar-refractivity contribution is 0.103. The van der Waals surface area contributed by atoms with Crippen LogP contribution >= 0.6 is 0 Å². The van der Waals surface area contributed by atoms with Crippen molar-refractivity contribution in [2.45, 2.75) is 0 Å². The number of carbonyl (C=O) groups excluding carboxylic acids is 1. The molecule has 1 fully saturated rings. The van der Waals surface area contributed by atoms with Crippen LogP contribution in [0.25, 0.3) is 11.0 Å². The molecular weight excluding hydrogens is 356 g/mol. The van der Waals surface area contributed by atoms with Crippen molar-refractivity contribution in [3.05, 3.63) is 59.3 Å². The van der Waals surface area contributed by atoms with Gasteiger partial charge in [-0.1, -0.05) is 0 Å². The van der Waals surface area contributed by atoms with Crippen LogP contribution < -0.4 is 4.90 Å². The molecule has 1 aliphatic rings. The molecule has 1 aliphatic heterocycles. The largest absolute Gasteiger partial charge is 0.508 e. The summed E-state index contributed by atoms with van der Waals surface area (Å²) in [6.45, 7) is 2.57. The minimum absolute atomic E-state index is 0.125. The number of carbonyl (C=O) groups is 1. The Bertz CT molecular complexity index is 1040. The standard InChI is InChI=1S/C19H15F2N3O3/c20-14-9-12(25)8-13(18(14)21)19(26)11-1-2-15-16(7-11)23-17(10-22-15)24-3-5-27-6-4-24/h1-2,7-10,25H,3-6H2. The molecule has 0 unspecified atom stereocenters. The molecule has 0 aliphatic carbocycles. The first kappa shape index (κ1) is 17.3. The Hall–Kier alpha value is -3.13. The van der Waals surface area contributed by atoms with E-state index < -0.39 is 28.7 Å². The van der Waals surface area contributed by atoms with Crippen LogP contribution in [0.5, 0.6) is 5.75 Å². The molecule has 1 N–H and O–H groups in total. The summed E-state index contributed by atoms with van der Waals surface area (Å²) in [5.41, 5.74) is 0.626. The fourth-order valence-corrected chi connectivity index (χ4v) is 2.98. The molecule has 27 heavy (non-hydrogen) atoms. The average molecular weight is 371 g/mol. The molecule has 0 amide bonds. The van der Waals surface area contributed by atoms with Gasteiger partial charge in [0.1, 0.15) is 11.6 Å². The van der Waals surface area contributed by atoms with Gasteiger partial charge in [-0.25, -0.2) is 13.8 Å². The number of morpholine rings is 1. The smallest absolute Gasteiger partial charge is 0.196 e. The van der Waals surface area contributed by atoms with Crippen molar-refractivity contribution < 1.29 is 23.4 Å². The third-order valence-electron chi connectivity index (χ3n) is 4.38. The number of phenols is 1. The topological polar surface area (TPSA) is 75.6 Å². The zero-order valence-electron chi connectivity index (χ0n) is 14.2. The van der Waals surface area contributed by atoms with Crippen molar-refractivity contribution in [3.63, 3.8) is 0 Å². The van der Waals surface area contributed by atoms with Gasteiger partial charge >= 0.3 is 0 Å². The molecule has 3 aromatic rings. The van der Waals surface area contributed by atoms with Crippen LogP contribution in [0.3, 0.4) is 0 Å². The number of hydrogen-bond donors (Lipinski definition) is 1. The van der Waals surface area contributed by atoms with Crippen LogP contribution in [0, 0.1) is 11.6 Å². The summed E-state index contributed by atoms with van der Waals surface area (Å²) in [5, 5.41) is 9.47. The summed E-state index contributed by atoms with van der Waals surface area (Å²) in [4.78, 5) is 23.5. The molecule has 0 saturated carbocycles. The van der Waals surface area contributed by atoms with E-state index in [4.69, 9.17) is 4.74 Å². The van der Waals surface area contributed by atoms with Gasteiger partial charge in [0, 0.05) is 24.7 Å². The molecule has 8 heteroatoms. The maximum absolute atomic E-state index is 14.0. The number of ether oxygens (including phenoxy) is 1. The molecule has 0 radical (unpaired) electrons. The lowest BCUT2D eigenvalue weighted by atomic mass is 10.0. The second kappa shape index (κ2) is 6.88. The highest BCUT2D eigenvalue weighted by molar-refractivity contribution is 6.10. The summed E-state index contributed by atoms with van der Waals surface area (Å²) in [7, 11) is 0. The monoisotopic (exact) mass is 371 g/mol. The lowest BCUT2D eigenvalue weighted by Crippen LogP contribution is -2.36. The molecule has 2 aromatic carbocycles. The Morgan fingerprint density at radius 1 is 1.11 bits per heavy atom. The van der Waals surface area contributed by atoms with E-state index in [1.54, 1.807) is 12.3 Å². The van der Waals surface area contributed by atoms with E-state index in [0.29, 0.717) is 49.2 Å². The number of fused-ring (bicyclic) bond motifs is 1. The summed E-state index contributed by atoms with van der Waals surface area (Å²) in [5.74, 6) is -3.19. The lowest BCUT2D eigenvalue weighted by Gasteiger charge is -2.27. The van der Waals surface area contributed by atoms with Gasteiger partial charge < -0.3 is 14.7 Å². The highest BCUT2D eigenvalue weighted by Crippen LogP contribution is 2.24. The van der Waals surface area contributed by atoms with E-state index in [1.165, 1.54) is 12.1 Å². The van der Waals surface area contributed by atoms with Gasteiger partial charge in [0.2, 0.25) is 0 Å². The highest BCUT2D eigenvalue weighted by Gasteiger charge is 2.20. The number of aromatic nitrogens is 2. The fourth-order valence-electron chi connectivity index (χ4n) is 2.98.